The predicted octanol–water partition coefficient (Wildman–Crippen LogP) is 2.92. The van der Waals surface area contributed by atoms with E-state index >= 15 is 0 Å². The van der Waals surface area contributed by atoms with Crippen molar-refractivity contribution in [3.8, 4) is 10.6 Å². The summed E-state index contributed by atoms with van der Waals surface area (Å²) in [5.41, 5.74) is 6.79. The summed E-state index contributed by atoms with van der Waals surface area (Å²) in [4.78, 5) is 9.94. The number of hydrogen-bond donors (Lipinski definition) is 1. The maximum Gasteiger partial charge on any atom is 0.148 e. The number of rotatable bonds is 2. The molecule has 1 aliphatic rings. The van der Waals surface area contributed by atoms with Crippen molar-refractivity contribution in [1.82, 2.24) is 9.97 Å². The smallest absolute Gasteiger partial charge is 0.148 e. The van der Waals surface area contributed by atoms with Gasteiger partial charge in [0.2, 0.25) is 0 Å². The van der Waals surface area contributed by atoms with Crippen LogP contribution in [0, 0.1) is 0 Å². The Kier molecular flexibility index (Phi) is 2.34. The minimum Gasteiger partial charge on any atom is -0.319 e. The fourth-order valence-electron chi connectivity index (χ4n) is 1.55. The highest BCUT2D eigenvalue weighted by Gasteiger charge is 2.43. The average Bonchev–Trinajstić information content (AvgIpc) is 2.89. The van der Waals surface area contributed by atoms with E-state index in [1.807, 2.05) is 12.1 Å². The van der Waals surface area contributed by atoms with E-state index in [0.717, 1.165) is 33.0 Å². The maximum atomic E-state index is 6.09. The van der Waals surface area contributed by atoms with Crippen LogP contribution in [0.25, 0.3) is 10.6 Å². The van der Waals surface area contributed by atoms with Crippen LogP contribution in [0.4, 0.5) is 0 Å². The van der Waals surface area contributed by atoms with Crippen molar-refractivity contribution >= 4 is 27.3 Å². The van der Waals surface area contributed by atoms with E-state index in [9.17, 15) is 0 Å². The van der Waals surface area contributed by atoms with Crippen molar-refractivity contribution < 1.29 is 0 Å². The summed E-state index contributed by atoms with van der Waals surface area (Å²) >= 11 is 5.12. The summed E-state index contributed by atoms with van der Waals surface area (Å²) in [5.74, 6) is 0.773. The molecule has 0 bridgehead atoms. The standard InChI is InChI=1S/C11H10BrN3S/c12-9-2-1-8(16-9)7-3-6-14-10(15-7)11(13)4-5-11/h1-3,6H,4-5,13H2. The molecule has 3 nitrogen and oxygen atoms in total. The topological polar surface area (TPSA) is 51.8 Å². The zero-order chi connectivity index (χ0) is 11.2. The normalized spacial score (nSPS) is 17.4. The summed E-state index contributed by atoms with van der Waals surface area (Å²) < 4.78 is 1.11. The molecule has 1 fully saturated rings. The molecule has 0 radical (unpaired) electrons. The van der Waals surface area contributed by atoms with Crippen LogP contribution in [0.2, 0.25) is 0 Å². The van der Waals surface area contributed by atoms with E-state index in [0.29, 0.717) is 0 Å². The molecule has 0 spiro atoms. The SMILES string of the molecule is NC1(c2nccc(-c3ccc(Br)s3)n2)CC1. The first-order valence-corrected chi connectivity index (χ1v) is 6.66. The summed E-state index contributed by atoms with van der Waals surface area (Å²) in [7, 11) is 0. The summed E-state index contributed by atoms with van der Waals surface area (Å²) in [6.07, 6.45) is 3.77. The Morgan fingerprint density at radius 2 is 2.12 bits per heavy atom. The lowest BCUT2D eigenvalue weighted by molar-refractivity contribution is 0.673. The predicted molar refractivity (Wildman–Crippen MR) is 68.1 cm³/mol. The zero-order valence-corrected chi connectivity index (χ0v) is 10.9. The molecule has 0 aromatic carbocycles. The van der Waals surface area contributed by atoms with Crippen LogP contribution in [-0.2, 0) is 5.54 Å². The summed E-state index contributed by atoms with van der Waals surface area (Å²) in [5, 5.41) is 0. The second-order valence-corrected chi connectivity index (χ2v) is 6.49. The number of hydrogen-bond acceptors (Lipinski definition) is 4. The van der Waals surface area contributed by atoms with Gasteiger partial charge in [-0.15, -0.1) is 11.3 Å². The third kappa shape index (κ3) is 1.79. The molecular formula is C11H10BrN3S. The molecule has 1 aliphatic carbocycles. The van der Waals surface area contributed by atoms with Gasteiger partial charge in [-0.1, -0.05) is 0 Å². The molecule has 2 N–H and O–H groups in total. The molecule has 0 unspecified atom stereocenters. The highest BCUT2D eigenvalue weighted by Crippen LogP contribution is 2.41. The molecule has 0 amide bonds. The molecule has 3 rings (SSSR count). The van der Waals surface area contributed by atoms with Crippen molar-refractivity contribution in [2.75, 3.05) is 0 Å². The molecule has 16 heavy (non-hydrogen) atoms. The number of halogens is 1. The Morgan fingerprint density at radius 3 is 2.75 bits per heavy atom. The monoisotopic (exact) mass is 295 g/mol. The summed E-state index contributed by atoms with van der Waals surface area (Å²) in [6.45, 7) is 0. The molecule has 5 heteroatoms. The van der Waals surface area contributed by atoms with Crippen LogP contribution in [0.5, 0.6) is 0 Å². The van der Waals surface area contributed by atoms with Crippen molar-refractivity contribution in [3.05, 3.63) is 34.0 Å². The van der Waals surface area contributed by atoms with Crippen LogP contribution in [0.15, 0.2) is 28.2 Å². The van der Waals surface area contributed by atoms with Crippen LogP contribution >= 0.6 is 27.3 Å². The van der Waals surface area contributed by atoms with Gasteiger partial charge in [-0.25, -0.2) is 9.97 Å². The first-order chi connectivity index (χ1) is 7.67. The average molecular weight is 296 g/mol. The Balaban J connectivity index is 2.02. The van der Waals surface area contributed by atoms with Gasteiger partial charge in [0, 0.05) is 6.20 Å². The Morgan fingerprint density at radius 1 is 1.31 bits per heavy atom. The first kappa shape index (κ1) is 10.4. The largest absolute Gasteiger partial charge is 0.319 e. The van der Waals surface area contributed by atoms with Crippen LogP contribution < -0.4 is 5.73 Å². The van der Waals surface area contributed by atoms with E-state index in [2.05, 4.69) is 32.0 Å². The van der Waals surface area contributed by atoms with Crippen LogP contribution in [-0.4, -0.2) is 9.97 Å². The van der Waals surface area contributed by atoms with Crippen molar-refractivity contribution in [1.29, 1.82) is 0 Å². The number of nitrogens with two attached hydrogens (primary N) is 1. The first-order valence-electron chi connectivity index (χ1n) is 5.05. The Labute approximate surface area is 106 Å². The molecule has 2 aromatic heterocycles. The second kappa shape index (κ2) is 3.61. The fraction of sp³-hybridized carbons (Fsp3) is 0.273. The highest BCUT2D eigenvalue weighted by molar-refractivity contribution is 9.11. The van der Waals surface area contributed by atoms with E-state index in [-0.39, 0.29) is 5.54 Å². The molecule has 2 aromatic rings. The van der Waals surface area contributed by atoms with Crippen molar-refractivity contribution in [2.24, 2.45) is 5.73 Å². The number of aromatic nitrogens is 2. The highest BCUT2D eigenvalue weighted by atomic mass is 79.9. The lowest BCUT2D eigenvalue weighted by Crippen LogP contribution is -2.22. The third-order valence-corrected chi connectivity index (χ3v) is 4.36. The van der Waals surface area contributed by atoms with E-state index < -0.39 is 0 Å². The van der Waals surface area contributed by atoms with E-state index in [1.54, 1.807) is 17.5 Å². The van der Waals surface area contributed by atoms with Gasteiger partial charge in [-0.2, -0.15) is 0 Å². The molecule has 1 saturated carbocycles. The summed E-state index contributed by atoms with van der Waals surface area (Å²) in [6, 6.07) is 6.00. The van der Waals surface area contributed by atoms with Gasteiger partial charge < -0.3 is 5.73 Å². The lowest BCUT2D eigenvalue weighted by atomic mass is 10.2. The van der Waals surface area contributed by atoms with Gasteiger partial charge in [-0.05, 0) is 47.0 Å². The quantitative estimate of drug-likeness (QED) is 0.927. The molecule has 82 valence electrons. The van der Waals surface area contributed by atoms with E-state index in [4.69, 9.17) is 5.73 Å². The van der Waals surface area contributed by atoms with Gasteiger partial charge in [0.25, 0.3) is 0 Å². The molecular weight excluding hydrogens is 286 g/mol. The molecule has 0 aliphatic heterocycles. The van der Waals surface area contributed by atoms with E-state index in [1.165, 1.54) is 0 Å². The van der Waals surface area contributed by atoms with Gasteiger partial charge in [-0.3, -0.25) is 0 Å². The minimum atomic E-state index is -0.259. The number of nitrogens with zero attached hydrogens (tertiary/aromatic N) is 2. The minimum absolute atomic E-state index is 0.259. The van der Waals surface area contributed by atoms with Gasteiger partial charge in [0.05, 0.1) is 19.9 Å². The maximum absolute atomic E-state index is 6.09. The Bertz CT molecular complexity index is 534. The lowest BCUT2D eigenvalue weighted by Gasteiger charge is -2.07. The van der Waals surface area contributed by atoms with Crippen LogP contribution in [0.3, 0.4) is 0 Å². The second-order valence-electron chi connectivity index (χ2n) is 4.03. The van der Waals surface area contributed by atoms with Crippen molar-refractivity contribution in [2.45, 2.75) is 18.4 Å². The van der Waals surface area contributed by atoms with Crippen molar-refractivity contribution in [3.63, 3.8) is 0 Å². The fourth-order valence-corrected chi connectivity index (χ4v) is 2.90. The molecule has 0 saturated heterocycles. The van der Waals surface area contributed by atoms with Crippen LogP contribution in [0.1, 0.15) is 18.7 Å². The Hall–Kier alpha value is -0.780. The van der Waals surface area contributed by atoms with Gasteiger partial charge >= 0.3 is 0 Å². The van der Waals surface area contributed by atoms with Gasteiger partial charge in [0.15, 0.2) is 0 Å². The molecule has 0 atom stereocenters. The molecule has 2 heterocycles. The number of thiophene rings is 1. The third-order valence-electron chi connectivity index (χ3n) is 2.72. The van der Waals surface area contributed by atoms with Gasteiger partial charge in [0.1, 0.15) is 5.82 Å². The zero-order valence-electron chi connectivity index (χ0n) is 8.48.